The summed E-state index contributed by atoms with van der Waals surface area (Å²) in [6, 6.07) is 7.67. The van der Waals surface area contributed by atoms with Gasteiger partial charge in [-0.15, -0.1) is 0 Å². The monoisotopic (exact) mass is 410 g/mol. The van der Waals surface area contributed by atoms with Crippen LogP contribution >= 0.6 is 22.6 Å². The highest BCUT2D eigenvalue weighted by atomic mass is 127. The number of anilines is 1. The SMILES string of the molecule is CCOC(=O)C1=C(C)Nc2ncnn2C1c1ccc(I)cc1. The van der Waals surface area contributed by atoms with E-state index >= 15 is 0 Å². The van der Waals surface area contributed by atoms with Crippen molar-refractivity contribution in [1.82, 2.24) is 14.8 Å². The van der Waals surface area contributed by atoms with Gasteiger partial charge in [-0.3, -0.25) is 0 Å². The molecule has 1 atom stereocenters. The highest BCUT2D eigenvalue weighted by Gasteiger charge is 2.34. The van der Waals surface area contributed by atoms with Crippen molar-refractivity contribution in [2.75, 3.05) is 11.9 Å². The lowest BCUT2D eigenvalue weighted by Gasteiger charge is -2.28. The zero-order valence-electron chi connectivity index (χ0n) is 12.2. The van der Waals surface area contributed by atoms with Crippen molar-refractivity contribution in [2.45, 2.75) is 19.9 Å². The summed E-state index contributed by atoms with van der Waals surface area (Å²) in [4.78, 5) is 16.6. The molecule has 0 spiro atoms. The van der Waals surface area contributed by atoms with Gasteiger partial charge in [0, 0.05) is 9.27 Å². The van der Waals surface area contributed by atoms with Crippen LogP contribution in [0.25, 0.3) is 0 Å². The van der Waals surface area contributed by atoms with Crippen molar-refractivity contribution in [3.63, 3.8) is 0 Å². The van der Waals surface area contributed by atoms with E-state index in [2.05, 4.69) is 38.0 Å². The number of ether oxygens (including phenoxy) is 1. The Morgan fingerprint density at radius 2 is 2.14 bits per heavy atom. The second-order valence-corrected chi connectivity index (χ2v) is 6.11. The number of hydrogen-bond donors (Lipinski definition) is 1. The van der Waals surface area contributed by atoms with Crippen LogP contribution in [0, 0.1) is 3.57 Å². The molecule has 1 unspecified atom stereocenters. The Labute approximate surface area is 141 Å². The number of nitrogens with zero attached hydrogens (tertiary/aromatic N) is 3. The van der Waals surface area contributed by atoms with E-state index in [1.165, 1.54) is 6.33 Å². The van der Waals surface area contributed by atoms with E-state index in [0.29, 0.717) is 18.1 Å². The third kappa shape index (κ3) is 2.60. The molecule has 1 aliphatic heterocycles. The molecule has 7 heteroatoms. The molecule has 2 heterocycles. The molecule has 3 rings (SSSR count). The summed E-state index contributed by atoms with van der Waals surface area (Å²) in [5.74, 6) is 0.284. The number of carbonyl (C=O) groups is 1. The summed E-state index contributed by atoms with van der Waals surface area (Å²) < 4.78 is 8.06. The van der Waals surface area contributed by atoms with Crippen LogP contribution in [0.5, 0.6) is 0 Å². The number of rotatable bonds is 3. The summed E-state index contributed by atoms with van der Waals surface area (Å²) in [7, 11) is 0. The first-order valence-electron chi connectivity index (χ1n) is 6.91. The molecular formula is C15H15IN4O2. The Balaban J connectivity index is 2.13. The summed E-state index contributed by atoms with van der Waals surface area (Å²) in [5.41, 5.74) is 2.26. The molecule has 0 radical (unpaired) electrons. The van der Waals surface area contributed by atoms with Crippen LogP contribution in [-0.2, 0) is 9.53 Å². The van der Waals surface area contributed by atoms with E-state index in [-0.39, 0.29) is 12.0 Å². The molecule has 2 aromatic rings. The van der Waals surface area contributed by atoms with E-state index < -0.39 is 0 Å². The van der Waals surface area contributed by atoms with E-state index in [1.807, 2.05) is 31.2 Å². The predicted octanol–water partition coefficient (Wildman–Crippen LogP) is 2.73. The minimum atomic E-state index is -0.338. The number of allylic oxidation sites excluding steroid dienone is 1. The smallest absolute Gasteiger partial charge is 0.338 e. The number of fused-ring (bicyclic) bond motifs is 1. The van der Waals surface area contributed by atoms with Crippen molar-refractivity contribution >= 4 is 34.5 Å². The number of aromatic nitrogens is 3. The molecular weight excluding hydrogens is 395 g/mol. The summed E-state index contributed by atoms with van der Waals surface area (Å²) in [5, 5.41) is 7.37. The largest absolute Gasteiger partial charge is 0.463 e. The Morgan fingerprint density at radius 3 is 2.82 bits per heavy atom. The number of nitrogens with one attached hydrogen (secondary N) is 1. The van der Waals surface area contributed by atoms with Gasteiger partial charge >= 0.3 is 5.97 Å². The summed E-state index contributed by atoms with van der Waals surface area (Å²) in [6.07, 6.45) is 1.48. The standard InChI is InChI=1S/C15H15IN4O2/c1-3-22-14(21)12-9(2)19-15-17-8-18-20(15)13(12)10-4-6-11(16)7-5-10/h4-8,13H,3H2,1-2H3,(H,17,18,19). The predicted molar refractivity (Wildman–Crippen MR) is 90.3 cm³/mol. The van der Waals surface area contributed by atoms with Gasteiger partial charge in [-0.2, -0.15) is 10.1 Å². The maximum absolute atomic E-state index is 12.4. The average molecular weight is 410 g/mol. The zero-order valence-corrected chi connectivity index (χ0v) is 14.4. The average Bonchev–Trinajstić information content (AvgIpc) is 2.94. The number of hydrogen-bond acceptors (Lipinski definition) is 5. The van der Waals surface area contributed by atoms with Gasteiger partial charge in [0.1, 0.15) is 12.4 Å². The van der Waals surface area contributed by atoms with E-state index in [0.717, 1.165) is 14.8 Å². The van der Waals surface area contributed by atoms with Crippen LogP contribution in [0.3, 0.4) is 0 Å². The van der Waals surface area contributed by atoms with Gasteiger partial charge in [-0.25, -0.2) is 9.48 Å². The van der Waals surface area contributed by atoms with Crippen LogP contribution in [0.1, 0.15) is 25.5 Å². The first-order chi connectivity index (χ1) is 10.6. The van der Waals surface area contributed by atoms with Gasteiger partial charge in [0.25, 0.3) is 0 Å². The molecule has 0 aliphatic carbocycles. The third-order valence-electron chi connectivity index (χ3n) is 3.48. The Morgan fingerprint density at radius 1 is 1.41 bits per heavy atom. The summed E-state index contributed by atoms with van der Waals surface area (Å²) in [6.45, 7) is 3.98. The Bertz CT molecular complexity index is 736. The molecule has 0 fully saturated rings. The molecule has 1 aliphatic rings. The Kier molecular flexibility index (Phi) is 4.14. The fraction of sp³-hybridized carbons (Fsp3) is 0.267. The minimum absolute atomic E-state index is 0.333. The number of carbonyl (C=O) groups excluding carboxylic acids is 1. The van der Waals surface area contributed by atoms with Crippen LogP contribution in [0.15, 0.2) is 41.9 Å². The molecule has 1 N–H and O–H groups in total. The molecule has 1 aromatic heterocycles. The normalized spacial score (nSPS) is 17.0. The first-order valence-corrected chi connectivity index (χ1v) is 7.99. The van der Waals surface area contributed by atoms with Gasteiger partial charge < -0.3 is 10.1 Å². The molecule has 0 saturated heterocycles. The Hall–Kier alpha value is -1.90. The number of halogens is 1. The molecule has 22 heavy (non-hydrogen) atoms. The molecule has 0 amide bonds. The van der Waals surface area contributed by atoms with Crippen LogP contribution < -0.4 is 5.32 Å². The molecule has 114 valence electrons. The van der Waals surface area contributed by atoms with Crippen molar-refractivity contribution in [1.29, 1.82) is 0 Å². The second-order valence-electron chi connectivity index (χ2n) is 4.87. The molecule has 0 bridgehead atoms. The topological polar surface area (TPSA) is 69.0 Å². The maximum atomic E-state index is 12.4. The van der Waals surface area contributed by atoms with E-state index in [9.17, 15) is 4.79 Å². The van der Waals surface area contributed by atoms with E-state index in [1.54, 1.807) is 11.6 Å². The third-order valence-corrected chi connectivity index (χ3v) is 4.19. The maximum Gasteiger partial charge on any atom is 0.338 e. The zero-order chi connectivity index (χ0) is 15.7. The fourth-order valence-electron chi connectivity index (χ4n) is 2.52. The van der Waals surface area contributed by atoms with Gasteiger partial charge in [-0.05, 0) is 54.1 Å². The first kappa shape index (κ1) is 15.0. The molecule has 0 saturated carbocycles. The lowest BCUT2D eigenvalue weighted by molar-refractivity contribution is -0.139. The van der Waals surface area contributed by atoms with Gasteiger partial charge in [-0.1, -0.05) is 12.1 Å². The summed E-state index contributed by atoms with van der Waals surface area (Å²) >= 11 is 2.25. The number of esters is 1. The fourth-order valence-corrected chi connectivity index (χ4v) is 2.88. The van der Waals surface area contributed by atoms with Crippen LogP contribution in [0.4, 0.5) is 5.95 Å². The second kappa shape index (κ2) is 6.07. The van der Waals surface area contributed by atoms with Crippen molar-refractivity contribution in [3.8, 4) is 0 Å². The minimum Gasteiger partial charge on any atom is -0.463 e. The number of benzene rings is 1. The van der Waals surface area contributed by atoms with E-state index in [4.69, 9.17) is 4.74 Å². The van der Waals surface area contributed by atoms with Crippen LogP contribution in [-0.4, -0.2) is 27.3 Å². The highest BCUT2D eigenvalue weighted by molar-refractivity contribution is 14.1. The molecule has 1 aromatic carbocycles. The van der Waals surface area contributed by atoms with Crippen molar-refractivity contribution in [3.05, 3.63) is 51.0 Å². The van der Waals surface area contributed by atoms with Gasteiger partial charge in [0.2, 0.25) is 5.95 Å². The van der Waals surface area contributed by atoms with Crippen molar-refractivity contribution < 1.29 is 9.53 Å². The molecule has 6 nitrogen and oxygen atoms in total. The van der Waals surface area contributed by atoms with Crippen molar-refractivity contribution in [2.24, 2.45) is 0 Å². The quantitative estimate of drug-likeness (QED) is 0.623. The lowest BCUT2D eigenvalue weighted by Crippen LogP contribution is -2.29. The van der Waals surface area contributed by atoms with Crippen LogP contribution in [0.2, 0.25) is 0 Å². The highest BCUT2D eigenvalue weighted by Crippen LogP contribution is 2.35. The van der Waals surface area contributed by atoms with Gasteiger partial charge in [0.05, 0.1) is 12.2 Å². The lowest BCUT2D eigenvalue weighted by atomic mass is 9.96. The van der Waals surface area contributed by atoms with Gasteiger partial charge in [0.15, 0.2) is 0 Å².